The molecule has 0 fully saturated rings. The van der Waals surface area contributed by atoms with Crippen molar-refractivity contribution in [1.82, 2.24) is 9.97 Å². The van der Waals surface area contributed by atoms with E-state index in [9.17, 15) is 0 Å². The number of hydrogen-bond donors (Lipinski definition) is 0. The molecule has 2 aromatic heterocycles. The second-order valence-electron chi connectivity index (χ2n) is 12.7. The Morgan fingerprint density at radius 2 is 0.654 bits per heavy atom. The highest BCUT2D eigenvalue weighted by Gasteiger charge is 2.26. The lowest BCUT2D eigenvalue weighted by molar-refractivity contribution is 0.477. The fraction of sp³-hybridized carbons (Fsp3) is 0. The van der Waals surface area contributed by atoms with Crippen LogP contribution in [0.5, 0.6) is 23.0 Å². The predicted octanol–water partition coefficient (Wildman–Crippen LogP) is 12.6. The van der Waals surface area contributed by atoms with E-state index in [1.807, 2.05) is 85.2 Å². The van der Waals surface area contributed by atoms with Gasteiger partial charge in [-0.2, -0.15) is 0 Å². The van der Waals surface area contributed by atoms with Gasteiger partial charge in [-0.05, 0) is 108 Å². The second kappa shape index (κ2) is 12.3. The van der Waals surface area contributed by atoms with E-state index >= 15 is 0 Å². The molecule has 0 amide bonds. The van der Waals surface area contributed by atoms with Crippen molar-refractivity contribution in [2.24, 2.45) is 0 Å². The van der Waals surface area contributed by atoms with Crippen LogP contribution in [0, 0.1) is 0 Å². The van der Waals surface area contributed by atoms with Crippen molar-refractivity contribution in [2.45, 2.75) is 0 Å². The molecule has 4 heterocycles. The van der Waals surface area contributed by atoms with Crippen molar-refractivity contribution in [3.05, 3.63) is 182 Å². The van der Waals surface area contributed by atoms with Crippen molar-refractivity contribution < 1.29 is 9.47 Å². The molecular formula is C46H30N4O2. The molecule has 10 rings (SSSR count). The molecule has 0 bridgehead atoms. The van der Waals surface area contributed by atoms with Crippen LogP contribution in [0.15, 0.2) is 182 Å². The number of nitrogens with zero attached hydrogens (tertiary/aromatic N) is 4. The molecule has 0 radical (unpaired) electrons. The van der Waals surface area contributed by atoms with E-state index in [0.717, 1.165) is 90.8 Å². The van der Waals surface area contributed by atoms with Crippen molar-refractivity contribution in [3.8, 4) is 56.6 Å². The van der Waals surface area contributed by atoms with E-state index in [-0.39, 0.29) is 0 Å². The number of ether oxygens (including phenoxy) is 2. The van der Waals surface area contributed by atoms with E-state index in [1.54, 1.807) is 0 Å². The van der Waals surface area contributed by atoms with Gasteiger partial charge in [0.15, 0.2) is 23.0 Å². The van der Waals surface area contributed by atoms with E-state index < -0.39 is 0 Å². The maximum atomic E-state index is 6.21. The molecule has 8 aromatic rings. The van der Waals surface area contributed by atoms with Gasteiger partial charge in [0.05, 0.1) is 34.1 Å². The lowest BCUT2D eigenvalue weighted by Crippen LogP contribution is -2.15. The molecule has 0 saturated carbocycles. The predicted molar refractivity (Wildman–Crippen MR) is 208 cm³/mol. The summed E-state index contributed by atoms with van der Waals surface area (Å²) >= 11 is 0. The lowest BCUT2D eigenvalue weighted by Gasteiger charge is -2.32. The first-order valence-electron chi connectivity index (χ1n) is 17.2. The zero-order valence-corrected chi connectivity index (χ0v) is 27.9. The van der Waals surface area contributed by atoms with Gasteiger partial charge in [0.25, 0.3) is 0 Å². The molecule has 6 aromatic carbocycles. The number of fused-ring (bicyclic) bond motifs is 4. The first kappa shape index (κ1) is 29.7. The summed E-state index contributed by atoms with van der Waals surface area (Å²) in [6, 6.07) is 58.0. The zero-order valence-electron chi connectivity index (χ0n) is 27.9. The maximum Gasteiger partial charge on any atom is 0.151 e. The molecule has 6 nitrogen and oxygen atoms in total. The minimum absolute atomic E-state index is 0.834. The molecule has 246 valence electrons. The molecule has 6 heteroatoms. The number of para-hydroxylation sites is 8. The highest BCUT2D eigenvalue weighted by molar-refractivity contribution is 5.88. The molecule has 0 aliphatic carbocycles. The normalized spacial score (nSPS) is 12.5. The summed E-state index contributed by atoms with van der Waals surface area (Å²) in [6.07, 6.45) is 3.75. The zero-order chi connectivity index (χ0) is 34.4. The Hall–Kier alpha value is -7.18. The van der Waals surface area contributed by atoms with Gasteiger partial charge >= 0.3 is 0 Å². The Balaban J connectivity index is 0.931. The summed E-state index contributed by atoms with van der Waals surface area (Å²) in [4.78, 5) is 14.0. The number of aromatic nitrogens is 2. The minimum Gasteiger partial charge on any atom is -0.453 e. The number of hydrogen-bond acceptors (Lipinski definition) is 6. The SMILES string of the molecule is c1ccc2c(c1)Oc1ccccc1N2c1ccc(-c2cc(-c3ccnc(-c4ccc(N5c6ccccc6Oc6ccccc65)cc4)c3)ccn2)cc1. The number of pyridine rings is 2. The highest BCUT2D eigenvalue weighted by atomic mass is 16.5. The van der Waals surface area contributed by atoms with Crippen LogP contribution in [-0.2, 0) is 0 Å². The molecule has 2 aliphatic heterocycles. The molecule has 0 N–H and O–H groups in total. The van der Waals surface area contributed by atoms with Crippen molar-refractivity contribution in [2.75, 3.05) is 9.80 Å². The standard InChI is InChI=1S/C46H30N4O2/c1-5-13-43-39(9-1)49(40-10-2-6-14-44(40)51-43)35-21-17-31(18-22-35)37-29-33(25-27-47-37)34-26-28-48-38(30-34)32-19-23-36(24-20-32)50-41-11-3-7-15-45(41)52-46-16-8-4-12-42(46)50/h1-30H. The summed E-state index contributed by atoms with van der Waals surface area (Å²) in [7, 11) is 0. The summed E-state index contributed by atoms with van der Waals surface area (Å²) < 4.78 is 12.4. The van der Waals surface area contributed by atoms with Gasteiger partial charge in [-0.25, -0.2) is 0 Å². The van der Waals surface area contributed by atoms with Gasteiger partial charge in [0.2, 0.25) is 0 Å². The van der Waals surface area contributed by atoms with Gasteiger partial charge in [-0.3, -0.25) is 9.97 Å². The van der Waals surface area contributed by atoms with Crippen LogP contribution >= 0.6 is 0 Å². The Morgan fingerprint density at radius 1 is 0.327 bits per heavy atom. The van der Waals surface area contributed by atoms with Crippen molar-refractivity contribution >= 4 is 34.1 Å². The fourth-order valence-corrected chi connectivity index (χ4v) is 7.06. The third kappa shape index (κ3) is 5.13. The first-order chi connectivity index (χ1) is 25.8. The summed E-state index contributed by atoms with van der Waals surface area (Å²) in [5.41, 5.74) is 12.2. The van der Waals surface area contributed by atoms with E-state index in [1.165, 1.54) is 0 Å². The number of anilines is 6. The first-order valence-corrected chi connectivity index (χ1v) is 17.2. The lowest BCUT2D eigenvalue weighted by atomic mass is 10.0. The fourth-order valence-electron chi connectivity index (χ4n) is 7.06. The topological polar surface area (TPSA) is 50.7 Å². The smallest absolute Gasteiger partial charge is 0.151 e. The molecule has 0 spiro atoms. The number of rotatable bonds is 5. The molecule has 2 aliphatic rings. The third-order valence-corrected chi connectivity index (χ3v) is 9.56. The van der Waals surface area contributed by atoms with Crippen LogP contribution in [0.4, 0.5) is 34.1 Å². The largest absolute Gasteiger partial charge is 0.453 e. The van der Waals surface area contributed by atoms with Crippen LogP contribution in [0.2, 0.25) is 0 Å². The van der Waals surface area contributed by atoms with Gasteiger partial charge < -0.3 is 19.3 Å². The van der Waals surface area contributed by atoms with E-state index in [0.29, 0.717) is 0 Å². The average Bonchev–Trinajstić information content (AvgIpc) is 3.22. The third-order valence-electron chi connectivity index (χ3n) is 9.56. The molecule has 0 atom stereocenters. The summed E-state index contributed by atoms with van der Waals surface area (Å²) in [5, 5.41) is 0. The van der Waals surface area contributed by atoms with Gasteiger partial charge in [-0.1, -0.05) is 72.8 Å². The molecule has 52 heavy (non-hydrogen) atoms. The van der Waals surface area contributed by atoms with Crippen LogP contribution < -0.4 is 19.3 Å². The Kier molecular flexibility index (Phi) is 7.03. The van der Waals surface area contributed by atoms with Gasteiger partial charge in [0, 0.05) is 34.9 Å². The van der Waals surface area contributed by atoms with Crippen LogP contribution in [-0.4, -0.2) is 9.97 Å². The molecular weight excluding hydrogens is 641 g/mol. The summed E-state index contributed by atoms with van der Waals surface area (Å²) in [5.74, 6) is 3.34. The maximum absolute atomic E-state index is 6.21. The van der Waals surface area contributed by atoms with E-state index in [2.05, 4.69) is 107 Å². The molecule has 0 saturated heterocycles. The van der Waals surface area contributed by atoms with Crippen molar-refractivity contribution in [3.63, 3.8) is 0 Å². The molecule has 0 unspecified atom stereocenters. The van der Waals surface area contributed by atoms with Crippen LogP contribution in [0.3, 0.4) is 0 Å². The Bertz CT molecular complexity index is 2330. The van der Waals surface area contributed by atoms with Crippen LogP contribution in [0.1, 0.15) is 0 Å². The van der Waals surface area contributed by atoms with E-state index in [4.69, 9.17) is 19.4 Å². The minimum atomic E-state index is 0.834. The van der Waals surface area contributed by atoms with Crippen molar-refractivity contribution in [1.29, 1.82) is 0 Å². The second-order valence-corrected chi connectivity index (χ2v) is 12.7. The monoisotopic (exact) mass is 670 g/mol. The quantitative estimate of drug-likeness (QED) is 0.182. The Labute approximate surface area is 301 Å². The summed E-state index contributed by atoms with van der Waals surface area (Å²) in [6.45, 7) is 0. The highest BCUT2D eigenvalue weighted by Crippen LogP contribution is 2.51. The van der Waals surface area contributed by atoms with Gasteiger partial charge in [-0.15, -0.1) is 0 Å². The van der Waals surface area contributed by atoms with Crippen LogP contribution in [0.25, 0.3) is 33.6 Å². The average molecular weight is 671 g/mol. The number of benzene rings is 6. The van der Waals surface area contributed by atoms with Gasteiger partial charge in [0.1, 0.15) is 0 Å². The Morgan fingerprint density at radius 3 is 1.00 bits per heavy atom.